The highest BCUT2D eigenvalue weighted by Crippen LogP contribution is 2.33. The van der Waals surface area contributed by atoms with Crippen LogP contribution >= 0.6 is 11.6 Å². The van der Waals surface area contributed by atoms with E-state index in [-0.39, 0.29) is 0 Å². The quantitative estimate of drug-likeness (QED) is 0.730. The van der Waals surface area contributed by atoms with Crippen molar-refractivity contribution in [2.24, 2.45) is 0 Å². The molecule has 1 aromatic rings. The summed E-state index contributed by atoms with van der Waals surface area (Å²) in [4.78, 5) is 0. The van der Waals surface area contributed by atoms with Crippen LogP contribution in [0.15, 0.2) is 12.1 Å². The Hall–Kier alpha value is -0.540. The molecule has 0 saturated heterocycles. The first-order valence-electron chi connectivity index (χ1n) is 4.61. The van der Waals surface area contributed by atoms with Crippen LogP contribution in [0.25, 0.3) is 0 Å². The van der Waals surface area contributed by atoms with E-state index < -0.39 is 11.0 Å². The Bertz CT molecular complexity index is 365. The standard InChI is InChI=1S/C8H8ClNOS.C2H6/c1-5-2-6-4-12(11)10-8(6)7(9)3-5;1-2/h2-3,10H,4H2,1H3;1-2H3. The van der Waals surface area contributed by atoms with E-state index in [1.807, 2.05) is 32.9 Å². The maximum absolute atomic E-state index is 11.1. The molecule has 1 unspecified atom stereocenters. The largest absolute Gasteiger partial charge is 0.303 e. The fraction of sp³-hybridized carbons (Fsp3) is 0.400. The molecular weight excluding hydrogens is 218 g/mol. The molecular formula is C10H14ClNOS. The number of benzene rings is 1. The summed E-state index contributed by atoms with van der Waals surface area (Å²) in [5, 5.41) is 0.663. The summed E-state index contributed by atoms with van der Waals surface area (Å²) in [6.07, 6.45) is 0. The number of aryl methyl sites for hydroxylation is 1. The van der Waals surface area contributed by atoms with Crippen molar-refractivity contribution >= 4 is 28.3 Å². The number of nitrogens with one attached hydrogen (secondary N) is 1. The topological polar surface area (TPSA) is 29.1 Å². The van der Waals surface area contributed by atoms with Crippen molar-refractivity contribution in [1.29, 1.82) is 0 Å². The maximum Gasteiger partial charge on any atom is 0.121 e. The second kappa shape index (κ2) is 4.80. The molecule has 14 heavy (non-hydrogen) atoms. The summed E-state index contributed by atoms with van der Waals surface area (Å²) in [5.41, 5.74) is 3.00. The van der Waals surface area contributed by atoms with E-state index in [1.165, 1.54) is 0 Å². The third-order valence-electron chi connectivity index (χ3n) is 1.82. The van der Waals surface area contributed by atoms with Gasteiger partial charge in [-0.15, -0.1) is 0 Å². The Kier molecular flexibility index (Phi) is 3.96. The molecule has 2 rings (SSSR count). The molecule has 1 heterocycles. The molecule has 0 radical (unpaired) electrons. The van der Waals surface area contributed by atoms with Gasteiger partial charge in [0, 0.05) is 0 Å². The van der Waals surface area contributed by atoms with Crippen molar-refractivity contribution in [3.05, 3.63) is 28.3 Å². The van der Waals surface area contributed by atoms with Crippen molar-refractivity contribution in [3.8, 4) is 0 Å². The van der Waals surface area contributed by atoms with Crippen molar-refractivity contribution in [2.45, 2.75) is 26.5 Å². The molecule has 0 aliphatic carbocycles. The van der Waals surface area contributed by atoms with Gasteiger partial charge in [0.25, 0.3) is 0 Å². The van der Waals surface area contributed by atoms with Gasteiger partial charge in [-0.1, -0.05) is 31.5 Å². The van der Waals surface area contributed by atoms with Crippen LogP contribution in [0.1, 0.15) is 25.0 Å². The lowest BCUT2D eigenvalue weighted by Crippen LogP contribution is -1.94. The summed E-state index contributed by atoms with van der Waals surface area (Å²) in [6, 6.07) is 3.88. The third-order valence-corrected chi connectivity index (χ3v) is 3.12. The maximum atomic E-state index is 11.1. The van der Waals surface area contributed by atoms with Gasteiger partial charge >= 0.3 is 0 Å². The van der Waals surface area contributed by atoms with Gasteiger partial charge in [-0.3, -0.25) is 0 Å². The summed E-state index contributed by atoms with van der Waals surface area (Å²) in [5.74, 6) is 0.566. The van der Waals surface area contributed by atoms with E-state index in [0.29, 0.717) is 10.8 Å². The molecule has 0 bridgehead atoms. The molecule has 1 aliphatic heterocycles. The molecule has 0 spiro atoms. The molecule has 2 nitrogen and oxygen atoms in total. The Morgan fingerprint density at radius 3 is 2.71 bits per heavy atom. The van der Waals surface area contributed by atoms with Crippen LogP contribution < -0.4 is 4.72 Å². The Balaban J connectivity index is 0.000000461. The first kappa shape index (κ1) is 11.5. The second-order valence-corrected chi connectivity index (χ2v) is 4.46. The predicted molar refractivity (Wildman–Crippen MR) is 63.0 cm³/mol. The average Bonchev–Trinajstić information content (AvgIpc) is 2.49. The Morgan fingerprint density at radius 2 is 2.07 bits per heavy atom. The van der Waals surface area contributed by atoms with E-state index in [1.54, 1.807) is 0 Å². The molecule has 0 saturated carbocycles. The first-order valence-corrected chi connectivity index (χ1v) is 6.30. The number of halogens is 1. The summed E-state index contributed by atoms with van der Waals surface area (Å²) in [6.45, 7) is 5.98. The van der Waals surface area contributed by atoms with Crippen LogP contribution in [0.4, 0.5) is 5.69 Å². The zero-order chi connectivity index (χ0) is 10.7. The van der Waals surface area contributed by atoms with E-state index in [0.717, 1.165) is 16.8 Å². The number of anilines is 1. The fourth-order valence-corrected chi connectivity index (χ4v) is 2.78. The number of fused-ring (bicyclic) bond motifs is 1. The predicted octanol–water partition coefficient (Wildman–Crippen LogP) is 3.26. The van der Waals surface area contributed by atoms with Gasteiger partial charge < -0.3 is 4.72 Å². The van der Waals surface area contributed by atoms with Gasteiger partial charge in [-0.2, -0.15) is 0 Å². The van der Waals surface area contributed by atoms with Crippen LogP contribution in [0.3, 0.4) is 0 Å². The van der Waals surface area contributed by atoms with Crippen LogP contribution in [0.5, 0.6) is 0 Å². The van der Waals surface area contributed by atoms with Gasteiger partial charge in [-0.05, 0) is 24.1 Å². The highest BCUT2D eigenvalue weighted by molar-refractivity contribution is 7.86. The van der Waals surface area contributed by atoms with Crippen LogP contribution in [0.2, 0.25) is 5.02 Å². The minimum Gasteiger partial charge on any atom is -0.303 e. The molecule has 0 amide bonds. The van der Waals surface area contributed by atoms with Crippen molar-refractivity contribution in [1.82, 2.24) is 0 Å². The number of rotatable bonds is 0. The Labute approximate surface area is 92.3 Å². The molecule has 4 heteroatoms. The zero-order valence-electron chi connectivity index (χ0n) is 8.56. The lowest BCUT2D eigenvalue weighted by atomic mass is 10.1. The minimum absolute atomic E-state index is 0.566. The van der Waals surface area contributed by atoms with Gasteiger partial charge in [0.05, 0.1) is 16.5 Å². The summed E-state index contributed by atoms with van der Waals surface area (Å²) in [7, 11) is -0.972. The van der Waals surface area contributed by atoms with E-state index in [4.69, 9.17) is 11.6 Å². The zero-order valence-corrected chi connectivity index (χ0v) is 10.1. The molecule has 78 valence electrons. The van der Waals surface area contributed by atoms with Gasteiger partial charge in [0.2, 0.25) is 0 Å². The second-order valence-electron chi connectivity index (χ2n) is 2.87. The summed E-state index contributed by atoms with van der Waals surface area (Å²) < 4.78 is 13.9. The first-order chi connectivity index (χ1) is 6.66. The van der Waals surface area contributed by atoms with Crippen LogP contribution in [0, 0.1) is 6.92 Å². The van der Waals surface area contributed by atoms with Crippen molar-refractivity contribution in [3.63, 3.8) is 0 Å². The monoisotopic (exact) mass is 231 g/mol. The minimum atomic E-state index is -0.972. The van der Waals surface area contributed by atoms with Crippen LogP contribution in [-0.4, -0.2) is 4.21 Å². The highest BCUT2D eigenvalue weighted by atomic mass is 35.5. The molecule has 1 aliphatic rings. The summed E-state index contributed by atoms with van der Waals surface area (Å²) >= 11 is 5.94. The van der Waals surface area contributed by atoms with Crippen molar-refractivity contribution in [2.75, 3.05) is 4.72 Å². The smallest absolute Gasteiger partial charge is 0.121 e. The van der Waals surface area contributed by atoms with Gasteiger partial charge in [0.15, 0.2) is 0 Å². The molecule has 0 fully saturated rings. The van der Waals surface area contributed by atoms with E-state index >= 15 is 0 Å². The SMILES string of the molecule is CC.Cc1cc(Cl)c2c(c1)CS(=O)N2. The number of hydrogen-bond donors (Lipinski definition) is 1. The molecule has 1 N–H and O–H groups in total. The van der Waals surface area contributed by atoms with E-state index in [2.05, 4.69) is 4.72 Å². The normalized spacial score (nSPS) is 17.9. The van der Waals surface area contributed by atoms with E-state index in [9.17, 15) is 4.21 Å². The Morgan fingerprint density at radius 1 is 1.43 bits per heavy atom. The lowest BCUT2D eigenvalue weighted by molar-refractivity contribution is 0.687. The lowest BCUT2D eigenvalue weighted by Gasteiger charge is -2.01. The van der Waals surface area contributed by atoms with Gasteiger partial charge in [-0.25, -0.2) is 4.21 Å². The van der Waals surface area contributed by atoms with Crippen LogP contribution in [-0.2, 0) is 16.7 Å². The van der Waals surface area contributed by atoms with Crippen molar-refractivity contribution < 1.29 is 4.21 Å². The highest BCUT2D eigenvalue weighted by Gasteiger charge is 2.18. The average molecular weight is 232 g/mol. The third kappa shape index (κ3) is 2.28. The fourth-order valence-electron chi connectivity index (χ4n) is 1.33. The molecule has 1 aromatic carbocycles. The molecule has 0 aromatic heterocycles. The van der Waals surface area contributed by atoms with Gasteiger partial charge in [0.1, 0.15) is 11.0 Å². The number of hydrogen-bond acceptors (Lipinski definition) is 1. The molecule has 1 atom stereocenters.